The van der Waals surface area contributed by atoms with Crippen molar-refractivity contribution >= 4 is 0 Å². The van der Waals surface area contributed by atoms with Gasteiger partial charge in [-0.1, -0.05) is 18.2 Å². The SMILES string of the molecule is CC(NCCCCN(C)C)c1cnn(-c2ccccc2)c1. The first kappa shape index (κ1) is 15.7. The van der Waals surface area contributed by atoms with Crippen molar-refractivity contribution in [1.29, 1.82) is 0 Å². The van der Waals surface area contributed by atoms with Gasteiger partial charge in [0.15, 0.2) is 0 Å². The number of aromatic nitrogens is 2. The van der Waals surface area contributed by atoms with Crippen LogP contribution in [-0.4, -0.2) is 41.9 Å². The van der Waals surface area contributed by atoms with Gasteiger partial charge in [-0.25, -0.2) is 4.68 Å². The van der Waals surface area contributed by atoms with E-state index in [-0.39, 0.29) is 0 Å². The summed E-state index contributed by atoms with van der Waals surface area (Å²) in [6.45, 7) is 4.39. The van der Waals surface area contributed by atoms with Crippen LogP contribution in [0.2, 0.25) is 0 Å². The Bertz CT molecular complexity index is 519. The van der Waals surface area contributed by atoms with E-state index < -0.39 is 0 Å². The lowest BCUT2D eigenvalue weighted by Gasteiger charge is -2.13. The zero-order valence-corrected chi connectivity index (χ0v) is 13.3. The molecular formula is C17H26N4. The molecule has 1 aromatic heterocycles. The van der Waals surface area contributed by atoms with Gasteiger partial charge in [-0.3, -0.25) is 0 Å². The maximum Gasteiger partial charge on any atom is 0.0645 e. The molecule has 0 aliphatic rings. The van der Waals surface area contributed by atoms with Crippen molar-refractivity contribution in [3.63, 3.8) is 0 Å². The molecule has 2 aromatic rings. The highest BCUT2D eigenvalue weighted by Gasteiger charge is 2.08. The van der Waals surface area contributed by atoms with Crippen molar-refractivity contribution in [2.24, 2.45) is 0 Å². The molecule has 4 nitrogen and oxygen atoms in total. The molecule has 1 aromatic carbocycles. The van der Waals surface area contributed by atoms with E-state index in [1.165, 1.54) is 18.4 Å². The number of unbranched alkanes of at least 4 members (excludes halogenated alkanes) is 1. The fourth-order valence-corrected chi connectivity index (χ4v) is 2.27. The van der Waals surface area contributed by atoms with Crippen LogP contribution in [-0.2, 0) is 0 Å². The number of para-hydroxylation sites is 1. The van der Waals surface area contributed by atoms with E-state index >= 15 is 0 Å². The first-order chi connectivity index (χ1) is 10.2. The molecule has 21 heavy (non-hydrogen) atoms. The van der Waals surface area contributed by atoms with Gasteiger partial charge in [0.1, 0.15) is 0 Å². The van der Waals surface area contributed by atoms with Gasteiger partial charge in [0, 0.05) is 17.8 Å². The number of rotatable bonds is 8. The number of hydrogen-bond acceptors (Lipinski definition) is 3. The summed E-state index contributed by atoms with van der Waals surface area (Å²) >= 11 is 0. The summed E-state index contributed by atoms with van der Waals surface area (Å²) in [4.78, 5) is 2.23. The number of nitrogens with one attached hydrogen (secondary N) is 1. The number of hydrogen-bond donors (Lipinski definition) is 1. The van der Waals surface area contributed by atoms with Crippen LogP contribution in [0.1, 0.15) is 31.4 Å². The fourth-order valence-electron chi connectivity index (χ4n) is 2.27. The molecule has 4 heteroatoms. The van der Waals surface area contributed by atoms with Crippen molar-refractivity contribution in [3.8, 4) is 5.69 Å². The van der Waals surface area contributed by atoms with E-state index in [1.807, 2.05) is 29.1 Å². The molecule has 0 fully saturated rings. The molecule has 0 saturated heterocycles. The highest BCUT2D eigenvalue weighted by atomic mass is 15.3. The van der Waals surface area contributed by atoms with Gasteiger partial charge in [-0.15, -0.1) is 0 Å². The normalized spacial score (nSPS) is 12.8. The van der Waals surface area contributed by atoms with Crippen LogP contribution in [0.4, 0.5) is 0 Å². The Morgan fingerprint density at radius 3 is 2.67 bits per heavy atom. The van der Waals surface area contributed by atoms with E-state index in [2.05, 4.69) is 54.7 Å². The maximum atomic E-state index is 4.45. The highest BCUT2D eigenvalue weighted by Crippen LogP contribution is 2.14. The van der Waals surface area contributed by atoms with Gasteiger partial charge in [0.25, 0.3) is 0 Å². The standard InChI is InChI=1S/C17H26N4/c1-15(18-11-7-8-12-20(2)3)16-13-19-21(14-16)17-9-5-4-6-10-17/h4-6,9-10,13-15,18H,7-8,11-12H2,1-3H3. The van der Waals surface area contributed by atoms with Gasteiger partial charge < -0.3 is 10.2 Å². The third kappa shape index (κ3) is 4.99. The summed E-state index contributed by atoms with van der Waals surface area (Å²) in [5.41, 5.74) is 2.33. The smallest absolute Gasteiger partial charge is 0.0645 e. The van der Waals surface area contributed by atoms with Crippen molar-refractivity contribution in [3.05, 3.63) is 48.3 Å². The van der Waals surface area contributed by atoms with E-state index in [4.69, 9.17) is 0 Å². The molecule has 1 N–H and O–H groups in total. The minimum Gasteiger partial charge on any atom is -0.310 e. The second kappa shape index (κ2) is 7.96. The molecule has 1 heterocycles. The molecule has 1 unspecified atom stereocenters. The van der Waals surface area contributed by atoms with Crippen molar-refractivity contribution in [2.75, 3.05) is 27.2 Å². The third-order valence-electron chi connectivity index (χ3n) is 3.61. The first-order valence-electron chi connectivity index (χ1n) is 7.65. The molecule has 0 bridgehead atoms. The second-order valence-electron chi connectivity index (χ2n) is 5.74. The number of benzene rings is 1. The van der Waals surface area contributed by atoms with Gasteiger partial charge >= 0.3 is 0 Å². The predicted octanol–water partition coefficient (Wildman–Crippen LogP) is 2.86. The summed E-state index contributed by atoms with van der Waals surface area (Å²) in [5, 5.41) is 8.01. The lowest BCUT2D eigenvalue weighted by atomic mass is 10.2. The molecular weight excluding hydrogens is 260 g/mol. The Hall–Kier alpha value is -1.65. The topological polar surface area (TPSA) is 33.1 Å². The van der Waals surface area contributed by atoms with Crippen LogP contribution in [0.15, 0.2) is 42.7 Å². The van der Waals surface area contributed by atoms with Gasteiger partial charge in [0.2, 0.25) is 0 Å². The van der Waals surface area contributed by atoms with Crippen LogP contribution in [0, 0.1) is 0 Å². The average Bonchev–Trinajstić information content (AvgIpc) is 2.97. The summed E-state index contributed by atoms with van der Waals surface area (Å²) in [5.74, 6) is 0. The minimum atomic E-state index is 0.335. The second-order valence-corrected chi connectivity index (χ2v) is 5.74. The predicted molar refractivity (Wildman–Crippen MR) is 87.8 cm³/mol. The molecule has 114 valence electrons. The molecule has 0 radical (unpaired) electrons. The van der Waals surface area contributed by atoms with Gasteiger partial charge in [0.05, 0.1) is 11.9 Å². The molecule has 0 spiro atoms. The highest BCUT2D eigenvalue weighted by molar-refractivity contribution is 5.31. The lowest BCUT2D eigenvalue weighted by molar-refractivity contribution is 0.389. The zero-order valence-electron chi connectivity index (χ0n) is 13.3. The maximum absolute atomic E-state index is 4.45. The summed E-state index contributed by atoms with van der Waals surface area (Å²) < 4.78 is 1.93. The van der Waals surface area contributed by atoms with Gasteiger partial charge in [-0.2, -0.15) is 5.10 Å². The Kier molecular flexibility index (Phi) is 5.96. The van der Waals surface area contributed by atoms with Crippen LogP contribution in [0.25, 0.3) is 5.69 Å². The van der Waals surface area contributed by atoms with Crippen LogP contribution in [0.3, 0.4) is 0 Å². The summed E-state index contributed by atoms with van der Waals surface area (Å²) in [6, 6.07) is 10.5. The lowest BCUT2D eigenvalue weighted by Crippen LogP contribution is -2.21. The van der Waals surface area contributed by atoms with E-state index in [9.17, 15) is 0 Å². The monoisotopic (exact) mass is 286 g/mol. The first-order valence-corrected chi connectivity index (χ1v) is 7.65. The zero-order chi connectivity index (χ0) is 15.1. The molecule has 0 saturated carbocycles. The Labute approximate surface area is 127 Å². The Balaban J connectivity index is 1.81. The van der Waals surface area contributed by atoms with E-state index in [0.29, 0.717) is 6.04 Å². The van der Waals surface area contributed by atoms with E-state index in [0.717, 1.165) is 18.8 Å². The fraction of sp³-hybridized carbons (Fsp3) is 0.471. The summed E-state index contributed by atoms with van der Waals surface area (Å²) in [7, 11) is 4.24. The minimum absolute atomic E-state index is 0.335. The number of nitrogens with zero attached hydrogens (tertiary/aromatic N) is 3. The third-order valence-corrected chi connectivity index (χ3v) is 3.61. The summed E-state index contributed by atoms with van der Waals surface area (Å²) in [6.07, 6.45) is 6.49. The van der Waals surface area contributed by atoms with Crippen LogP contribution in [0.5, 0.6) is 0 Å². The van der Waals surface area contributed by atoms with E-state index in [1.54, 1.807) is 0 Å². The largest absolute Gasteiger partial charge is 0.310 e. The molecule has 0 aliphatic carbocycles. The molecule has 1 atom stereocenters. The Morgan fingerprint density at radius 1 is 1.19 bits per heavy atom. The molecule has 2 rings (SSSR count). The van der Waals surface area contributed by atoms with Crippen molar-refractivity contribution in [2.45, 2.75) is 25.8 Å². The quantitative estimate of drug-likeness (QED) is 0.758. The molecule has 0 aliphatic heterocycles. The van der Waals surface area contributed by atoms with Crippen LogP contribution < -0.4 is 5.32 Å². The average molecular weight is 286 g/mol. The van der Waals surface area contributed by atoms with Gasteiger partial charge in [-0.05, 0) is 59.1 Å². The van der Waals surface area contributed by atoms with Crippen molar-refractivity contribution in [1.82, 2.24) is 20.0 Å². The van der Waals surface area contributed by atoms with Crippen LogP contribution >= 0.6 is 0 Å². The molecule has 0 amide bonds. The van der Waals surface area contributed by atoms with Crippen molar-refractivity contribution < 1.29 is 0 Å². The Morgan fingerprint density at radius 2 is 1.95 bits per heavy atom.